The number of guanidine groups is 2. The lowest BCUT2D eigenvalue weighted by Crippen LogP contribution is -2.30. The number of rotatable bonds is 10. The molecule has 0 unspecified atom stereocenters. The summed E-state index contributed by atoms with van der Waals surface area (Å²) in [4.78, 5) is 24.8. The van der Waals surface area contributed by atoms with E-state index in [-0.39, 0.29) is 23.7 Å². The van der Waals surface area contributed by atoms with E-state index < -0.39 is 0 Å². The largest absolute Gasteiger partial charge is 0.369 e. The van der Waals surface area contributed by atoms with Crippen LogP contribution in [0.15, 0.2) is 68.9 Å². The Labute approximate surface area is 203 Å². The van der Waals surface area contributed by atoms with E-state index in [0.29, 0.717) is 42.1 Å². The van der Waals surface area contributed by atoms with Gasteiger partial charge >= 0.3 is 0 Å². The van der Waals surface area contributed by atoms with Crippen molar-refractivity contribution in [2.24, 2.45) is 43.3 Å². The van der Waals surface area contributed by atoms with E-state index in [9.17, 15) is 9.59 Å². The van der Waals surface area contributed by atoms with Gasteiger partial charge in [0.05, 0.1) is 11.4 Å². The number of hydrogen-bond acceptors (Lipinski definition) is 6. The maximum absolute atomic E-state index is 12.4. The third-order valence-electron chi connectivity index (χ3n) is 4.66. The highest BCUT2D eigenvalue weighted by molar-refractivity contribution is 6.02. The fourth-order valence-corrected chi connectivity index (χ4v) is 2.83. The van der Waals surface area contributed by atoms with Crippen LogP contribution >= 0.6 is 0 Å². The van der Waals surface area contributed by atoms with E-state index in [2.05, 4.69) is 31.0 Å². The molecule has 0 radical (unpaired) electrons. The Morgan fingerprint density at radius 1 is 0.657 bits per heavy atom. The number of nitrogens with zero attached hydrogens (tertiary/aromatic N) is 4. The van der Waals surface area contributed by atoms with Crippen molar-refractivity contribution in [3.8, 4) is 0 Å². The summed E-state index contributed by atoms with van der Waals surface area (Å²) in [6.45, 7) is 4.29. The molecular formula is C23H30N10O2. The summed E-state index contributed by atoms with van der Waals surface area (Å²) >= 11 is 0. The molecule has 12 heteroatoms. The number of carbonyl (C=O) groups excluding carboxylic acids is 2. The number of hydrogen-bond donors (Lipinski definition) is 6. The van der Waals surface area contributed by atoms with Gasteiger partial charge in [0.15, 0.2) is 0 Å². The molecule has 0 aliphatic rings. The monoisotopic (exact) mass is 478 g/mol. The second kappa shape index (κ2) is 13.1. The SMILES string of the molecule is C/C(=N\N=C(N)N)c1ccc(C(=O)NCCCNC(=O)c2cccc(/C(C)=N/N=C(N)N)c2)cc1. The highest BCUT2D eigenvalue weighted by Gasteiger charge is 2.08. The normalized spacial score (nSPS) is 11.4. The summed E-state index contributed by atoms with van der Waals surface area (Å²) in [5.41, 5.74) is 24.8. The first-order valence-corrected chi connectivity index (χ1v) is 10.7. The van der Waals surface area contributed by atoms with Gasteiger partial charge in [-0.1, -0.05) is 24.3 Å². The number of carbonyl (C=O) groups is 2. The Morgan fingerprint density at radius 3 is 1.66 bits per heavy atom. The lowest BCUT2D eigenvalue weighted by atomic mass is 10.1. The van der Waals surface area contributed by atoms with Gasteiger partial charge in [-0.3, -0.25) is 9.59 Å². The molecule has 184 valence electrons. The minimum atomic E-state index is -0.235. The molecule has 0 aliphatic carbocycles. The predicted molar refractivity (Wildman–Crippen MR) is 138 cm³/mol. The first-order chi connectivity index (χ1) is 16.7. The van der Waals surface area contributed by atoms with Crippen molar-refractivity contribution >= 4 is 35.2 Å². The molecular weight excluding hydrogens is 448 g/mol. The van der Waals surface area contributed by atoms with Crippen LogP contribution in [0.3, 0.4) is 0 Å². The van der Waals surface area contributed by atoms with Crippen LogP contribution in [0.4, 0.5) is 0 Å². The predicted octanol–water partition coefficient (Wildman–Crippen LogP) is 0.231. The molecule has 2 rings (SSSR count). The van der Waals surface area contributed by atoms with Crippen LogP contribution in [0.5, 0.6) is 0 Å². The van der Waals surface area contributed by atoms with Crippen molar-refractivity contribution in [3.05, 3.63) is 70.8 Å². The average Bonchev–Trinajstić information content (AvgIpc) is 2.85. The molecule has 0 heterocycles. The maximum atomic E-state index is 12.4. The standard InChI is InChI=1S/C23H30N10O2/c1-14(30-32-22(24)25)16-7-9-17(10-8-16)20(34)28-11-4-12-29-21(35)19-6-3-5-18(13-19)15(2)31-33-23(26)27/h3,5-10,13H,4,11-12H2,1-2H3,(H,28,34)(H,29,35)(H4,24,25,32)(H4,26,27,33)/b30-14+,31-15+. The van der Waals surface area contributed by atoms with Crippen LogP contribution in [-0.2, 0) is 0 Å². The van der Waals surface area contributed by atoms with Crippen LogP contribution < -0.4 is 33.6 Å². The Morgan fingerprint density at radius 2 is 1.11 bits per heavy atom. The molecule has 12 nitrogen and oxygen atoms in total. The number of benzene rings is 2. The average molecular weight is 479 g/mol. The second-order valence-electron chi connectivity index (χ2n) is 7.44. The molecule has 0 aromatic heterocycles. The Bertz CT molecular complexity index is 1160. The summed E-state index contributed by atoms with van der Waals surface area (Å²) in [5, 5.41) is 20.7. The highest BCUT2D eigenvalue weighted by Crippen LogP contribution is 2.08. The molecule has 2 aromatic carbocycles. The van der Waals surface area contributed by atoms with E-state index in [0.717, 1.165) is 11.1 Å². The molecule has 0 atom stereocenters. The van der Waals surface area contributed by atoms with Gasteiger partial charge in [-0.25, -0.2) is 0 Å². The van der Waals surface area contributed by atoms with Gasteiger partial charge in [-0.2, -0.15) is 10.2 Å². The smallest absolute Gasteiger partial charge is 0.251 e. The first kappa shape index (κ1) is 26.5. The lowest BCUT2D eigenvalue weighted by molar-refractivity contribution is 0.0951. The summed E-state index contributed by atoms with van der Waals surface area (Å²) in [5.74, 6) is -0.730. The summed E-state index contributed by atoms with van der Waals surface area (Å²) in [7, 11) is 0. The zero-order chi connectivity index (χ0) is 25.8. The molecule has 0 bridgehead atoms. The van der Waals surface area contributed by atoms with Crippen molar-refractivity contribution in [2.75, 3.05) is 13.1 Å². The van der Waals surface area contributed by atoms with Gasteiger partial charge in [-0.05, 0) is 55.7 Å². The minimum absolute atomic E-state index is 0.130. The molecule has 2 amide bonds. The molecule has 35 heavy (non-hydrogen) atoms. The van der Waals surface area contributed by atoms with Gasteiger partial charge in [0.25, 0.3) is 11.8 Å². The topological polar surface area (TPSA) is 212 Å². The van der Waals surface area contributed by atoms with E-state index in [4.69, 9.17) is 22.9 Å². The van der Waals surface area contributed by atoms with Crippen molar-refractivity contribution in [1.82, 2.24) is 10.6 Å². The number of nitrogens with two attached hydrogens (primary N) is 4. The molecule has 0 spiro atoms. The summed E-state index contributed by atoms with van der Waals surface area (Å²) < 4.78 is 0. The van der Waals surface area contributed by atoms with Gasteiger partial charge in [-0.15, -0.1) is 10.2 Å². The molecule has 0 fully saturated rings. The molecule has 0 saturated heterocycles. The first-order valence-electron chi connectivity index (χ1n) is 10.7. The van der Waals surface area contributed by atoms with Gasteiger partial charge in [0, 0.05) is 24.2 Å². The van der Waals surface area contributed by atoms with E-state index in [1.165, 1.54) is 0 Å². The van der Waals surface area contributed by atoms with Crippen molar-refractivity contribution in [3.63, 3.8) is 0 Å². The van der Waals surface area contributed by atoms with Crippen LogP contribution in [-0.4, -0.2) is 48.2 Å². The van der Waals surface area contributed by atoms with Gasteiger partial charge in [0.2, 0.25) is 11.9 Å². The maximum Gasteiger partial charge on any atom is 0.251 e. The minimum Gasteiger partial charge on any atom is -0.369 e. The van der Waals surface area contributed by atoms with Gasteiger partial charge in [0.1, 0.15) is 0 Å². The van der Waals surface area contributed by atoms with E-state index >= 15 is 0 Å². The van der Waals surface area contributed by atoms with Gasteiger partial charge < -0.3 is 33.6 Å². The van der Waals surface area contributed by atoms with Crippen LogP contribution in [0.1, 0.15) is 52.1 Å². The van der Waals surface area contributed by atoms with E-state index in [1.54, 1.807) is 62.4 Å². The zero-order valence-corrected chi connectivity index (χ0v) is 19.7. The Balaban J connectivity index is 1.81. The molecule has 0 aliphatic heterocycles. The van der Waals surface area contributed by atoms with Crippen molar-refractivity contribution < 1.29 is 9.59 Å². The number of nitrogens with one attached hydrogen (secondary N) is 2. The van der Waals surface area contributed by atoms with Crippen LogP contribution in [0.2, 0.25) is 0 Å². The highest BCUT2D eigenvalue weighted by atomic mass is 16.2. The Kier molecular flexibility index (Phi) is 9.91. The van der Waals surface area contributed by atoms with Crippen LogP contribution in [0, 0.1) is 0 Å². The third kappa shape index (κ3) is 8.96. The molecule has 2 aromatic rings. The summed E-state index contributed by atoms with van der Waals surface area (Å²) in [6.07, 6.45) is 0.560. The fraction of sp³-hybridized carbons (Fsp3) is 0.217. The zero-order valence-electron chi connectivity index (χ0n) is 19.7. The summed E-state index contributed by atoms with van der Waals surface area (Å²) in [6, 6.07) is 13.8. The second-order valence-corrected chi connectivity index (χ2v) is 7.44. The quantitative estimate of drug-likeness (QED) is 0.122. The Hall–Kier alpha value is -4.74. The van der Waals surface area contributed by atoms with Crippen molar-refractivity contribution in [2.45, 2.75) is 20.3 Å². The molecule has 10 N–H and O–H groups in total. The number of amides is 2. The third-order valence-corrected chi connectivity index (χ3v) is 4.66. The van der Waals surface area contributed by atoms with E-state index in [1.807, 2.05) is 0 Å². The van der Waals surface area contributed by atoms with Crippen molar-refractivity contribution in [1.29, 1.82) is 0 Å². The van der Waals surface area contributed by atoms with Crippen LogP contribution in [0.25, 0.3) is 0 Å². The molecule has 0 saturated carbocycles. The lowest BCUT2D eigenvalue weighted by Gasteiger charge is -2.08. The fourth-order valence-electron chi connectivity index (χ4n) is 2.83.